The number of ketones is 1. The van der Waals surface area contributed by atoms with Crippen molar-refractivity contribution in [3.05, 3.63) is 29.8 Å². The second kappa shape index (κ2) is 6.46. The summed E-state index contributed by atoms with van der Waals surface area (Å²) in [5.41, 5.74) is 0.584. The second-order valence-corrected chi connectivity index (χ2v) is 3.85. The summed E-state index contributed by atoms with van der Waals surface area (Å²) in [6.07, 6.45) is 3.32. The molecule has 0 aliphatic carbocycles. The van der Waals surface area contributed by atoms with Crippen LogP contribution in [0.15, 0.2) is 24.3 Å². The summed E-state index contributed by atoms with van der Waals surface area (Å²) in [7, 11) is 0. The highest BCUT2D eigenvalue weighted by Crippen LogP contribution is 2.14. The Morgan fingerprint density at radius 3 is 2.73 bits per heavy atom. The largest absolute Gasteiger partial charge is 0.508 e. The molecule has 0 unspecified atom stereocenters. The number of carbonyl (C=O) groups excluding carboxylic acids is 1. The van der Waals surface area contributed by atoms with Crippen LogP contribution in [0.5, 0.6) is 5.75 Å². The van der Waals surface area contributed by atoms with Gasteiger partial charge in [0.05, 0.1) is 0 Å². The number of alkyl halides is 1. The minimum absolute atomic E-state index is 0.0838. The van der Waals surface area contributed by atoms with Crippen molar-refractivity contribution in [3.63, 3.8) is 0 Å². The van der Waals surface area contributed by atoms with Crippen LogP contribution in [-0.4, -0.2) is 16.8 Å². The summed E-state index contributed by atoms with van der Waals surface area (Å²) < 4.78 is 0. The van der Waals surface area contributed by atoms with Gasteiger partial charge in [0.15, 0.2) is 5.78 Å². The number of aromatic hydroxyl groups is 1. The van der Waals surface area contributed by atoms with Crippen LogP contribution >= 0.6 is 11.6 Å². The molecule has 15 heavy (non-hydrogen) atoms. The Kier molecular flexibility index (Phi) is 5.19. The number of phenolic OH excluding ortho intramolecular Hbond substituents is 1. The minimum Gasteiger partial charge on any atom is -0.508 e. The molecule has 0 saturated carbocycles. The number of Topliss-reactive ketones (excluding diaryl/α,β-unsaturated/α-hetero) is 1. The summed E-state index contributed by atoms with van der Waals surface area (Å²) >= 11 is 5.54. The molecule has 0 heterocycles. The third-order valence-electron chi connectivity index (χ3n) is 2.21. The predicted molar refractivity (Wildman–Crippen MR) is 61.6 cm³/mol. The van der Waals surface area contributed by atoms with Gasteiger partial charge in [0.1, 0.15) is 5.75 Å². The molecule has 2 nitrogen and oxygen atoms in total. The van der Waals surface area contributed by atoms with E-state index in [4.69, 9.17) is 11.6 Å². The summed E-state index contributed by atoms with van der Waals surface area (Å²) in [4.78, 5) is 11.6. The Morgan fingerprint density at radius 1 is 1.27 bits per heavy atom. The van der Waals surface area contributed by atoms with Crippen LogP contribution in [-0.2, 0) is 0 Å². The summed E-state index contributed by atoms with van der Waals surface area (Å²) in [6, 6.07) is 6.47. The first-order valence-corrected chi connectivity index (χ1v) is 5.65. The first kappa shape index (κ1) is 12.1. The minimum atomic E-state index is 0.0838. The van der Waals surface area contributed by atoms with Gasteiger partial charge < -0.3 is 5.11 Å². The van der Waals surface area contributed by atoms with Gasteiger partial charge in [-0.15, -0.1) is 11.6 Å². The molecule has 0 bridgehead atoms. The molecular formula is C12H15ClO2. The van der Waals surface area contributed by atoms with E-state index in [1.807, 2.05) is 0 Å². The molecule has 0 amide bonds. The standard InChI is InChI=1S/C12H15ClO2/c13-8-3-1-2-7-12(15)10-5-4-6-11(14)9-10/h4-6,9,14H,1-3,7-8H2. The van der Waals surface area contributed by atoms with Gasteiger partial charge in [-0.3, -0.25) is 4.79 Å². The molecule has 0 saturated heterocycles. The van der Waals surface area contributed by atoms with Crippen LogP contribution in [0.25, 0.3) is 0 Å². The number of benzene rings is 1. The highest BCUT2D eigenvalue weighted by Gasteiger charge is 2.05. The molecule has 0 fully saturated rings. The van der Waals surface area contributed by atoms with Crippen molar-refractivity contribution in [2.24, 2.45) is 0 Å². The number of hydrogen-bond donors (Lipinski definition) is 1. The van der Waals surface area contributed by atoms with Crippen molar-refractivity contribution in [2.75, 3.05) is 5.88 Å². The van der Waals surface area contributed by atoms with Crippen LogP contribution in [0.1, 0.15) is 36.0 Å². The lowest BCUT2D eigenvalue weighted by atomic mass is 10.0. The maximum atomic E-state index is 11.6. The molecule has 1 aromatic carbocycles. The van der Waals surface area contributed by atoms with Gasteiger partial charge >= 0.3 is 0 Å². The van der Waals surface area contributed by atoms with Gasteiger partial charge in [-0.25, -0.2) is 0 Å². The Bertz CT molecular complexity index is 323. The van der Waals surface area contributed by atoms with E-state index in [1.165, 1.54) is 6.07 Å². The van der Waals surface area contributed by atoms with Crippen molar-refractivity contribution in [3.8, 4) is 5.75 Å². The molecule has 1 rings (SSSR count). The number of unbranched alkanes of at least 4 members (excludes halogenated alkanes) is 2. The SMILES string of the molecule is O=C(CCCCCCl)c1cccc(O)c1. The Balaban J connectivity index is 2.40. The van der Waals surface area contributed by atoms with Crippen molar-refractivity contribution >= 4 is 17.4 Å². The third-order valence-corrected chi connectivity index (χ3v) is 2.47. The van der Waals surface area contributed by atoms with E-state index in [9.17, 15) is 9.90 Å². The Morgan fingerprint density at radius 2 is 2.07 bits per heavy atom. The molecular weight excluding hydrogens is 212 g/mol. The van der Waals surface area contributed by atoms with Crippen LogP contribution in [0.4, 0.5) is 0 Å². The zero-order chi connectivity index (χ0) is 11.1. The van der Waals surface area contributed by atoms with Gasteiger partial charge in [-0.1, -0.05) is 18.6 Å². The molecule has 0 atom stereocenters. The molecule has 0 aromatic heterocycles. The third kappa shape index (κ3) is 4.34. The molecule has 0 aliphatic heterocycles. The number of rotatable bonds is 6. The van der Waals surface area contributed by atoms with E-state index < -0.39 is 0 Å². The van der Waals surface area contributed by atoms with E-state index >= 15 is 0 Å². The van der Waals surface area contributed by atoms with E-state index in [0.717, 1.165) is 19.3 Å². The topological polar surface area (TPSA) is 37.3 Å². The molecule has 1 aromatic rings. The molecule has 0 radical (unpaired) electrons. The van der Waals surface area contributed by atoms with Gasteiger partial charge in [0.25, 0.3) is 0 Å². The number of hydrogen-bond acceptors (Lipinski definition) is 2. The normalized spacial score (nSPS) is 10.2. The fourth-order valence-corrected chi connectivity index (χ4v) is 1.57. The smallest absolute Gasteiger partial charge is 0.163 e. The summed E-state index contributed by atoms with van der Waals surface area (Å²) in [5, 5.41) is 9.20. The number of phenols is 1. The zero-order valence-corrected chi connectivity index (χ0v) is 9.33. The zero-order valence-electron chi connectivity index (χ0n) is 8.58. The average molecular weight is 227 g/mol. The lowest BCUT2D eigenvalue weighted by Gasteiger charge is -2.01. The number of halogens is 1. The Labute approximate surface area is 94.9 Å². The molecule has 0 aliphatic rings. The number of carbonyl (C=O) groups is 1. The van der Waals surface area contributed by atoms with Crippen LogP contribution in [0.2, 0.25) is 0 Å². The van der Waals surface area contributed by atoms with E-state index in [0.29, 0.717) is 17.9 Å². The van der Waals surface area contributed by atoms with Gasteiger partial charge in [-0.05, 0) is 25.0 Å². The summed E-state index contributed by atoms with van der Waals surface area (Å²) in [6.45, 7) is 0. The average Bonchev–Trinajstić information content (AvgIpc) is 2.24. The maximum absolute atomic E-state index is 11.6. The van der Waals surface area contributed by atoms with Crippen molar-refractivity contribution in [1.29, 1.82) is 0 Å². The van der Waals surface area contributed by atoms with Crippen LogP contribution in [0, 0.1) is 0 Å². The monoisotopic (exact) mass is 226 g/mol. The van der Waals surface area contributed by atoms with E-state index in [-0.39, 0.29) is 11.5 Å². The van der Waals surface area contributed by atoms with E-state index in [2.05, 4.69) is 0 Å². The Hall–Kier alpha value is -1.02. The quantitative estimate of drug-likeness (QED) is 0.459. The fraction of sp³-hybridized carbons (Fsp3) is 0.417. The van der Waals surface area contributed by atoms with Gasteiger partial charge in [-0.2, -0.15) is 0 Å². The molecule has 3 heteroatoms. The highest BCUT2D eigenvalue weighted by atomic mass is 35.5. The first-order valence-electron chi connectivity index (χ1n) is 5.12. The highest BCUT2D eigenvalue weighted by molar-refractivity contribution is 6.17. The van der Waals surface area contributed by atoms with Crippen molar-refractivity contribution < 1.29 is 9.90 Å². The fourth-order valence-electron chi connectivity index (χ4n) is 1.38. The van der Waals surface area contributed by atoms with Gasteiger partial charge in [0.2, 0.25) is 0 Å². The van der Waals surface area contributed by atoms with Crippen LogP contribution < -0.4 is 0 Å². The molecule has 82 valence electrons. The molecule has 1 N–H and O–H groups in total. The predicted octanol–water partition coefficient (Wildman–Crippen LogP) is 3.37. The summed E-state index contributed by atoms with van der Waals surface area (Å²) in [5.74, 6) is 0.877. The maximum Gasteiger partial charge on any atom is 0.163 e. The van der Waals surface area contributed by atoms with Crippen molar-refractivity contribution in [1.82, 2.24) is 0 Å². The molecule has 0 spiro atoms. The lowest BCUT2D eigenvalue weighted by Crippen LogP contribution is -1.98. The lowest BCUT2D eigenvalue weighted by molar-refractivity contribution is 0.0979. The van der Waals surface area contributed by atoms with Gasteiger partial charge in [0, 0.05) is 17.9 Å². The van der Waals surface area contributed by atoms with Crippen LogP contribution in [0.3, 0.4) is 0 Å². The second-order valence-electron chi connectivity index (χ2n) is 3.47. The first-order chi connectivity index (χ1) is 7.24. The van der Waals surface area contributed by atoms with Crippen molar-refractivity contribution in [2.45, 2.75) is 25.7 Å². The van der Waals surface area contributed by atoms with E-state index in [1.54, 1.807) is 18.2 Å².